The smallest absolute Gasteiger partial charge is 0.242 e. The number of para-hydroxylation sites is 1. The molecule has 2 rings (SSSR count). The Morgan fingerprint density at radius 2 is 1.95 bits per heavy atom. The van der Waals surface area contributed by atoms with Crippen molar-refractivity contribution in [1.29, 1.82) is 0 Å². The van der Waals surface area contributed by atoms with Crippen LogP contribution in [0.2, 0.25) is 0 Å². The second-order valence-corrected chi connectivity index (χ2v) is 7.14. The summed E-state index contributed by atoms with van der Waals surface area (Å²) in [4.78, 5) is 1.52. The Labute approximate surface area is 123 Å². The molecule has 1 heterocycles. The molecule has 0 bridgehead atoms. The van der Waals surface area contributed by atoms with E-state index in [0.29, 0.717) is 12.2 Å². The van der Waals surface area contributed by atoms with Crippen LogP contribution >= 0.6 is 11.3 Å². The van der Waals surface area contributed by atoms with Gasteiger partial charge in [0.05, 0.1) is 5.69 Å². The van der Waals surface area contributed by atoms with Gasteiger partial charge in [-0.05, 0) is 42.6 Å². The van der Waals surface area contributed by atoms with Gasteiger partial charge in [-0.2, -0.15) is 0 Å². The summed E-state index contributed by atoms with van der Waals surface area (Å²) in [6, 6.07) is 9.04. The zero-order chi connectivity index (χ0) is 14.6. The minimum absolute atomic E-state index is 0.275. The monoisotopic (exact) mass is 310 g/mol. The molecule has 1 aromatic heterocycles. The highest BCUT2D eigenvalue weighted by atomic mass is 32.2. The van der Waals surface area contributed by atoms with E-state index in [9.17, 15) is 8.42 Å². The first-order valence-corrected chi connectivity index (χ1v) is 8.76. The van der Waals surface area contributed by atoms with Crippen LogP contribution in [0.15, 0.2) is 40.6 Å². The van der Waals surface area contributed by atoms with E-state index in [1.807, 2.05) is 6.07 Å². The van der Waals surface area contributed by atoms with Gasteiger partial charge in [-0.15, -0.1) is 11.3 Å². The number of aryl methyl sites for hydroxylation is 1. The lowest BCUT2D eigenvalue weighted by molar-refractivity contribution is 0.588. The van der Waals surface area contributed by atoms with Crippen LogP contribution < -0.4 is 10.0 Å². The average molecular weight is 310 g/mol. The van der Waals surface area contributed by atoms with Crippen molar-refractivity contribution >= 4 is 27.0 Å². The number of anilines is 1. The second-order valence-electron chi connectivity index (χ2n) is 4.28. The van der Waals surface area contributed by atoms with Gasteiger partial charge in [0.2, 0.25) is 10.0 Å². The lowest BCUT2D eigenvalue weighted by Crippen LogP contribution is -2.20. The summed E-state index contributed by atoms with van der Waals surface area (Å²) in [7, 11) is -2.03. The highest BCUT2D eigenvalue weighted by molar-refractivity contribution is 7.89. The summed E-state index contributed by atoms with van der Waals surface area (Å²) >= 11 is 1.68. The number of sulfonamides is 1. The van der Waals surface area contributed by atoms with Crippen molar-refractivity contribution in [3.05, 3.63) is 46.2 Å². The first kappa shape index (κ1) is 15.0. The molecule has 0 unspecified atom stereocenters. The van der Waals surface area contributed by atoms with Crippen LogP contribution in [-0.4, -0.2) is 15.5 Å². The van der Waals surface area contributed by atoms with E-state index in [1.54, 1.807) is 29.5 Å². The van der Waals surface area contributed by atoms with Crippen LogP contribution in [0.3, 0.4) is 0 Å². The van der Waals surface area contributed by atoms with Crippen LogP contribution in [-0.2, 0) is 23.0 Å². The standard InChI is InChI=1S/C14H18N2O2S2/c1-3-11-8-9-19-13(11)10-16-12-6-4-5-7-14(12)20(17,18)15-2/h4-9,15-16H,3,10H2,1-2H3. The number of rotatable bonds is 6. The van der Waals surface area contributed by atoms with Gasteiger partial charge >= 0.3 is 0 Å². The van der Waals surface area contributed by atoms with Crippen LogP contribution in [0.25, 0.3) is 0 Å². The fourth-order valence-electron chi connectivity index (χ4n) is 1.97. The van der Waals surface area contributed by atoms with Crippen LogP contribution in [0, 0.1) is 0 Å². The van der Waals surface area contributed by atoms with Crippen molar-refractivity contribution in [3.8, 4) is 0 Å². The van der Waals surface area contributed by atoms with E-state index in [4.69, 9.17) is 0 Å². The zero-order valence-electron chi connectivity index (χ0n) is 11.5. The number of nitrogens with one attached hydrogen (secondary N) is 2. The fourth-order valence-corrected chi connectivity index (χ4v) is 3.79. The maximum absolute atomic E-state index is 12.0. The molecule has 6 heteroatoms. The Morgan fingerprint density at radius 3 is 2.65 bits per heavy atom. The molecule has 0 radical (unpaired) electrons. The second kappa shape index (κ2) is 6.39. The number of benzene rings is 1. The van der Waals surface area contributed by atoms with Gasteiger partial charge in [-0.25, -0.2) is 13.1 Å². The van der Waals surface area contributed by atoms with Crippen LogP contribution in [0.1, 0.15) is 17.4 Å². The van der Waals surface area contributed by atoms with Gasteiger partial charge in [0, 0.05) is 11.4 Å². The topological polar surface area (TPSA) is 58.2 Å². The van der Waals surface area contributed by atoms with Crippen molar-refractivity contribution in [2.75, 3.05) is 12.4 Å². The summed E-state index contributed by atoms with van der Waals surface area (Å²) in [6.07, 6.45) is 0.983. The third-order valence-corrected chi connectivity index (χ3v) is 5.54. The highest BCUT2D eigenvalue weighted by Gasteiger charge is 2.16. The van der Waals surface area contributed by atoms with Gasteiger partial charge < -0.3 is 5.32 Å². The summed E-state index contributed by atoms with van der Waals surface area (Å²) in [6.45, 7) is 2.75. The Morgan fingerprint density at radius 1 is 1.20 bits per heavy atom. The summed E-state index contributed by atoms with van der Waals surface area (Å²) in [5.74, 6) is 0. The summed E-state index contributed by atoms with van der Waals surface area (Å²) in [5, 5.41) is 5.28. The number of hydrogen-bond acceptors (Lipinski definition) is 4. The molecular weight excluding hydrogens is 292 g/mol. The SMILES string of the molecule is CCc1ccsc1CNc1ccccc1S(=O)(=O)NC. The van der Waals surface area contributed by atoms with Crippen molar-refractivity contribution in [2.24, 2.45) is 0 Å². The molecule has 0 aliphatic heterocycles. The lowest BCUT2D eigenvalue weighted by atomic mass is 10.2. The third kappa shape index (κ3) is 3.20. The molecule has 0 aliphatic rings. The van der Waals surface area contributed by atoms with E-state index >= 15 is 0 Å². The zero-order valence-corrected chi connectivity index (χ0v) is 13.1. The highest BCUT2D eigenvalue weighted by Crippen LogP contribution is 2.23. The van der Waals surface area contributed by atoms with E-state index in [0.717, 1.165) is 6.42 Å². The molecule has 0 atom stereocenters. The van der Waals surface area contributed by atoms with Crippen molar-refractivity contribution in [3.63, 3.8) is 0 Å². The maximum Gasteiger partial charge on any atom is 0.242 e. The molecule has 2 N–H and O–H groups in total. The lowest BCUT2D eigenvalue weighted by Gasteiger charge is -2.12. The fraction of sp³-hybridized carbons (Fsp3) is 0.286. The molecule has 0 fully saturated rings. The molecule has 0 aliphatic carbocycles. The van der Waals surface area contributed by atoms with Gasteiger partial charge in [0.25, 0.3) is 0 Å². The molecular formula is C14H18N2O2S2. The molecule has 2 aromatic rings. The van der Waals surface area contributed by atoms with Crippen molar-refractivity contribution in [1.82, 2.24) is 4.72 Å². The maximum atomic E-state index is 12.0. The predicted molar refractivity (Wildman–Crippen MR) is 83.7 cm³/mol. The van der Waals surface area contributed by atoms with Gasteiger partial charge in [-0.1, -0.05) is 19.1 Å². The van der Waals surface area contributed by atoms with Crippen molar-refractivity contribution < 1.29 is 8.42 Å². The van der Waals surface area contributed by atoms with E-state index in [-0.39, 0.29) is 4.90 Å². The molecule has 0 saturated carbocycles. The van der Waals surface area contributed by atoms with E-state index < -0.39 is 10.0 Å². The summed E-state index contributed by atoms with van der Waals surface area (Å²) in [5.41, 5.74) is 1.92. The molecule has 4 nitrogen and oxygen atoms in total. The quantitative estimate of drug-likeness (QED) is 0.862. The summed E-state index contributed by atoms with van der Waals surface area (Å²) < 4.78 is 26.3. The first-order chi connectivity index (χ1) is 9.58. The number of thiophene rings is 1. The molecule has 0 amide bonds. The normalized spacial score (nSPS) is 11.5. The molecule has 20 heavy (non-hydrogen) atoms. The van der Waals surface area contributed by atoms with Gasteiger partial charge in [0.1, 0.15) is 4.90 Å². The van der Waals surface area contributed by atoms with Gasteiger partial charge in [-0.3, -0.25) is 0 Å². The molecule has 108 valence electrons. The van der Waals surface area contributed by atoms with E-state index in [2.05, 4.69) is 28.4 Å². The minimum Gasteiger partial charge on any atom is -0.379 e. The third-order valence-electron chi connectivity index (χ3n) is 3.10. The van der Waals surface area contributed by atoms with Gasteiger partial charge in [0.15, 0.2) is 0 Å². The average Bonchev–Trinajstić information content (AvgIpc) is 2.93. The van der Waals surface area contributed by atoms with Crippen LogP contribution in [0.5, 0.6) is 0 Å². The largest absolute Gasteiger partial charge is 0.379 e. The minimum atomic E-state index is -3.44. The molecule has 0 saturated heterocycles. The predicted octanol–water partition coefficient (Wildman–Crippen LogP) is 2.83. The number of hydrogen-bond donors (Lipinski definition) is 2. The Balaban J connectivity index is 2.23. The Bertz CT molecular complexity index is 678. The van der Waals surface area contributed by atoms with E-state index in [1.165, 1.54) is 17.5 Å². The first-order valence-electron chi connectivity index (χ1n) is 6.40. The molecule has 0 spiro atoms. The Kier molecular flexibility index (Phi) is 4.80. The Hall–Kier alpha value is -1.37. The van der Waals surface area contributed by atoms with Crippen LogP contribution in [0.4, 0.5) is 5.69 Å². The van der Waals surface area contributed by atoms with Crippen molar-refractivity contribution in [2.45, 2.75) is 24.8 Å². The molecule has 1 aromatic carbocycles.